The molecule has 3 N–H and O–H groups in total. The van der Waals surface area contributed by atoms with Crippen molar-refractivity contribution in [2.45, 2.75) is 38.2 Å². The predicted molar refractivity (Wildman–Crippen MR) is 126 cm³/mol. The van der Waals surface area contributed by atoms with Crippen molar-refractivity contribution in [3.8, 4) is 0 Å². The van der Waals surface area contributed by atoms with E-state index in [1.165, 1.54) is 26.1 Å². The Morgan fingerprint density at radius 2 is 1.91 bits per heavy atom. The van der Waals surface area contributed by atoms with Crippen molar-refractivity contribution >= 4 is 48.2 Å². The Bertz CT molecular complexity index is 1400. The Labute approximate surface area is 191 Å². The fourth-order valence-corrected chi connectivity index (χ4v) is 7.88. The van der Waals surface area contributed by atoms with E-state index >= 15 is 4.39 Å². The van der Waals surface area contributed by atoms with Crippen LogP contribution < -0.4 is 10.0 Å². The zero-order valence-electron chi connectivity index (χ0n) is 18.3. The van der Waals surface area contributed by atoms with Crippen molar-refractivity contribution in [1.29, 1.82) is 0 Å². The number of sulfonamides is 1. The number of halogens is 1. The molecule has 33 heavy (non-hydrogen) atoms. The molecule has 178 valence electrons. The van der Waals surface area contributed by atoms with Crippen LogP contribution in [0.5, 0.6) is 0 Å². The van der Waals surface area contributed by atoms with Crippen molar-refractivity contribution in [1.82, 2.24) is 9.97 Å². The molecule has 12 heteroatoms. The summed E-state index contributed by atoms with van der Waals surface area (Å²) in [5.74, 6) is -2.21. The van der Waals surface area contributed by atoms with Gasteiger partial charge >= 0.3 is 0 Å². The van der Waals surface area contributed by atoms with Crippen LogP contribution in [0, 0.1) is 12.7 Å². The maximum absolute atomic E-state index is 15.3. The van der Waals surface area contributed by atoms with Gasteiger partial charge in [0.2, 0.25) is 10.0 Å². The highest BCUT2D eigenvalue weighted by Crippen LogP contribution is 2.26. The minimum atomic E-state index is -4.48. The normalized spacial score (nSPS) is 13.1. The number of pyridine rings is 1. The first-order chi connectivity index (χ1) is 15.5. The largest absolute Gasteiger partial charge is 0.346 e. The summed E-state index contributed by atoms with van der Waals surface area (Å²) in [6, 6.07) is 5.95. The third-order valence-electron chi connectivity index (χ3n) is 5.06. The molecule has 0 bridgehead atoms. The van der Waals surface area contributed by atoms with Crippen LogP contribution in [0.4, 0.5) is 15.8 Å². The summed E-state index contributed by atoms with van der Waals surface area (Å²) in [7, 11) is -8.45. The zero-order valence-corrected chi connectivity index (χ0v) is 20.0. The van der Waals surface area contributed by atoms with Crippen LogP contribution in [-0.2, 0) is 19.9 Å². The fraction of sp³-hybridized carbons (Fsp3) is 0.333. The molecule has 0 saturated heterocycles. The number of hydrogen-bond acceptors (Lipinski definition) is 6. The van der Waals surface area contributed by atoms with E-state index in [0.29, 0.717) is 11.3 Å². The molecule has 9 nitrogen and oxygen atoms in total. The number of carbonyl (C=O) groups excluding carboxylic acids is 1. The summed E-state index contributed by atoms with van der Waals surface area (Å²) in [6.45, 7) is 4.55. The second kappa shape index (κ2) is 9.48. The molecule has 0 aliphatic heterocycles. The third-order valence-corrected chi connectivity index (χ3v) is 10.3. The second-order valence-corrected chi connectivity index (χ2v) is 12.0. The number of aryl methyl sites for hydroxylation is 1. The van der Waals surface area contributed by atoms with E-state index in [4.69, 9.17) is 0 Å². The number of H-pyrrole nitrogens is 1. The number of carbonyl (C=O) groups is 1. The molecular formula is C21H25FN4O5S2. The molecule has 1 aromatic carbocycles. The number of sulfone groups is 1. The van der Waals surface area contributed by atoms with Crippen molar-refractivity contribution in [2.24, 2.45) is 0 Å². The number of aromatic amines is 1. The molecule has 0 aliphatic rings. The number of amides is 1. The molecular weight excluding hydrogens is 471 g/mol. The topological polar surface area (TPSA) is 138 Å². The Balaban J connectivity index is 1.92. The minimum Gasteiger partial charge on any atom is -0.346 e. The van der Waals surface area contributed by atoms with Crippen LogP contribution in [-0.4, -0.2) is 43.0 Å². The first kappa shape index (κ1) is 24.6. The molecule has 1 atom stereocenters. The van der Waals surface area contributed by atoms with Crippen LogP contribution in [0.1, 0.15) is 42.6 Å². The summed E-state index contributed by atoms with van der Waals surface area (Å²) in [4.78, 5) is 19.9. The summed E-state index contributed by atoms with van der Waals surface area (Å²) in [5, 5.41) is 3.30. The van der Waals surface area contributed by atoms with Gasteiger partial charge in [0.05, 0.1) is 28.9 Å². The number of hydrogen-bond donors (Lipinski definition) is 3. The van der Waals surface area contributed by atoms with Gasteiger partial charge in [-0.3, -0.25) is 9.52 Å². The lowest BCUT2D eigenvalue weighted by Gasteiger charge is -2.19. The number of nitrogens with one attached hydrogen (secondary N) is 3. The molecule has 0 radical (unpaired) electrons. The van der Waals surface area contributed by atoms with Crippen LogP contribution in [0.25, 0.3) is 11.0 Å². The van der Waals surface area contributed by atoms with E-state index in [1.54, 1.807) is 25.3 Å². The number of aromatic nitrogens is 2. The van der Waals surface area contributed by atoms with Crippen molar-refractivity contribution in [2.75, 3.05) is 15.8 Å². The molecule has 1 unspecified atom stereocenters. The van der Waals surface area contributed by atoms with Crippen molar-refractivity contribution < 1.29 is 26.0 Å². The first-order valence-electron chi connectivity index (χ1n) is 10.3. The van der Waals surface area contributed by atoms with Gasteiger partial charge < -0.3 is 10.3 Å². The Morgan fingerprint density at radius 3 is 2.58 bits per heavy atom. The third kappa shape index (κ3) is 5.17. The van der Waals surface area contributed by atoms with Crippen LogP contribution >= 0.6 is 0 Å². The van der Waals surface area contributed by atoms with Crippen molar-refractivity contribution in [3.63, 3.8) is 0 Å². The average Bonchev–Trinajstić information content (AvgIpc) is 3.18. The SMILES string of the molecule is CCCS(=O)(=O)C(CC)S(=O)(=O)Nc1ccc(C)c(C(=O)Nc2cnc3[nH]ccc3c2)c1F. The average molecular weight is 497 g/mol. The number of benzene rings is 1. The summed E-state index contributed by atoms with van der Waals surface area (Å²) in [6.07, 6.45) is 3.14. The molecule has 3 aromatic rings. The van der Waals surface area contributed by atoms with Crippen molar-refractivity contribution in [3.05, 3.63) is 53.6 Å². The monoisotopic (exact) mass is 496 g/mol. The number of rotatable bonds is 9. The van der Waals surface area contributed by atoms with Gasteiger partial charge in [-0.1, -0.05) is 19.9 Å². The van der Waals surface area contributed by atoms with E-state index in [-0.39, 0.29) is 29.7 Å². The highest BCUT2D eigenvalue weighted by Gasteiger charge is 2.36. The zero-order chi connectivity index (χ0) is 24.4. The predicted octanol–water partition coefficient (Wildman–Crippen LogP) is 3.57. The maximum atomic E-state index is 15.3. The van der Waals surface area contributed by atoms with E-state index < -0.39 is 41.9 Å². The molecule has 0 fully saturated rings. The summed E-state index contributed by atoms with van der Waals surface area (Å²) >= 11 is 0. The standard InChI is InChI=1S/C21H25FN4O5S2/c1-4-10-32(28,29)17(5-2)33(30,31)26-16-7-6-13(3)18(19(16)22)21(27)25-15-11-14-8-9-23-20(14)24-12-15/h6-9,11-12,17,26H,4-5,10H2,1-3H3,(H,23,24)(H,25,27). The highest BCUT2D eigenvalue weighted by atomic mass is 32.3. The lowest BCUT2D eigenvalue weighted by molar-refractivity contribution is 0.102. The van der Waals surface area contributed by atoms with Gasteiger partial charge in [-0.05, 0) is 43.5 Å². The van der Waals surface area contributed by atoms with Gasteiger partial charge in [-0.15, -0.1) is 0 Å². The van der Waals surface area contributed by atoms with Crippen LogP contribution in [0.2, 0.25) is 0 Å². The number of anilines is 2. The highest BCUT2D eigenvalue weighted by molar-refractivity contribution is 8.09. The van der Waals surface area contributed by atoms with Crippen LogP contribution in [0.15, 0.2) is 36.7 Å². The van der Waals surface area contributed by atoms with Gasteiger partial charge in [0.1, 0.15) is 5.65 Å². The molecule has 2 heterocycles. The number of fused-ring (bicyclic) bond motifs is 1. The van der Waals surface area contributed by atoms with E-state index in [9.17, 15) is 21.6 Å². The lowest BCUT2D eigenvalue weighted by atomic mass is 10.1. The van der Waals surface area contributed by atoms with Crippen LogP contribution in [0.3, 0.4) is 0 Å². The van der Waals surface area contributed by atoms with E-state index in [0.717, 1.165) is 11.5 Å². The van der Waals surface area contributed by atoms with E-state index in [1.807, 2.05) is 4.72 Å². The molecule has 0 saturated carbocycles. The van der Waals surface area contributed by atoms with Gasteiger partial charge in [-0.25, -0.2) is 26.2 Å². The molecule has 1 amide bonds. The molecule has 2 aromatic heterocycles. The van der Waals surface area contributed by atoms with Gasteiger partial charge in [0.15, 0.2) is 20.2 Å². The number of nitrogens with zero attached hydrogens (tertiary/aromatic N) is 1. The summed E-state index contributed by atoms with van der Waals surface area (Å²) in [5.41, 5.74) is 0.349. The summed E-state index contributed by atoms with van der Waals surface area (Å²) < 4.78 is 66.0. The quantitative estimate of drug-likeness (QED) is 0.414. The van der Waals surface area contributed by atoms with E-state index in [2.05, 4.69) is 15.3 Å². The minimum absolute atomic E-state index is 0.201. The molecule has 3 rings (SSSR count). The Morgan fingerprint density at radius 1 is 1.18 bits per heavy atom. The van der Waals surface area contributed by atoms with Gasteiger partial charge in [-0.2, -0.15) is 0 Å². The Kier molecular flexibility index (Phi) is 7.08. The van der Waals surface area contributed by atoms with Gasteiger partial charge in [0, 0.05) is 11.6 Å². The Hall–Kier alpha value is -2.99. The first-order valence-corrected chi connectivity index (χ1v) is 13.5. The molecule has 0 spiro atoms. The molecule has 0 aliphatic carbocycles. The maximum Gasteiger partial charge on any atom is 0.259 e. The fourth-order valence-electron chi connectivity index (χ4n) is 3.53. The lowest BCUT2D eigenvalue weighted by Crippen LogP contribution is -2.36. The second-order valence-electron chi connectivity index (χ2n) is 7.56. The van der Waals surface area contributed by atoms with Gasteiger partial charge in [0.25, 0.3) is 5.91 Å². The smallest absolute Gasteiger partial charge is 0.259 e.